The Hall–Kier alpha value is -1.36. The molecular formula is C8H12ClN5. The SMILES string of the molecule is CCCc1nc(N)c2[nH]cnc2n1.Cl. The number of aryl methyl sites for hydroxylation is 1. The molecule has 2 aromatic rings. The molecule has 0 aliphatic carbocycles. The molecule has 0 amide bonds. The molecule has 76 valence electrons. The molecule has 0 saturated carbocycles. The van der Waals surface area contributed by atoms with Crippen molar-refractivity contribution >= 4 is 29.4 Å². The van der Waals surface area contributed by atoms with Gasteiger partial charge in [0.15, 0.2) is 11.5 Å². The summed E-state index contributed by atoms with van der Waals surface area (Å²) in [7, 11) is 0. The summed E-state index contributed by atoms with van der Waals surface area (Å²) in [6.45, 7) is 2.08. The van der Waals surface area contributed by atoms with Gasteiger partial charge in [0.1, 0.15) is 11.3 Å². The average Bonchev–Trinajstić information content (AvgIpc) is 2.53. The first kappa shape index (κ1) is 10.7. The zero-order valence-corrected chi connectivity index (χ0v) is 8.64. The van der Waals surface area contributed by atoms with Crippen molar-refractivity contribution in [2.75, 3.05) is 5.73 Å². The number of nitrogen functional groups attached to an aromatic ring is 1. The van der Waals surface area contributed by atoms with Crippen molar-refractivity contribution < 1.29 is 0 Å². The molecule has 0 aliphatic heterocycles. The van der Waals surface area contributed by atoms with Gasteiger partial charge in [-0.25, -0.2) is 15.0 Å². The second-order valence-electron chi connectivity index (χ2n) is 2.88. The predicted molar refractivity (Wildman–Crippen MR) is 57.3 cm³/mol. The maximum Gasteiger partial charge on any atom is 0.183 e. The van der Waals surface area contributed by atoms with Crippen molar-refractivity contribution in [1.29, 1.82) is 0 Å². The maximum atomic E-state index is 5.71. The molecule has 0 aromatic carbocycles. The molecule has 0 saturated heterocycles. The summed E-state index contributed by atoms with van der Waals surface area (Å²) in [5.74, 6) is 1.24. The van der Waals surface area contributed by atoms with Crippen molar-refractivity contribution in [3.05, 3.63) is 12.2 Å². The van der Waals surface area contributed by atoms with Crippen LogP contribution < -0.4 is 5.73 Å². The Balaban J connectivity index is 0.000000980. The number of nitrogens with two attached hydrogens (primary N) is 1. The van der Waals surface area contributed by atoms with Crippen molar-refractivity contribution in [3.8, 4) is 0 Å². The van der Waals surface area contributed by atoms with Gasteiger partial charge >= 0.3 is 0 Å². The third-order valence-corrected chi connectivity index (χ3v) is 1.83. The first-order valence-corrected chi connectivity index (χ1v) is 4.26. The molecule has 0 fully saturated rings. The number of imidazole rings is 1. The van der Waals surface area contributed by atoms with Crippen LogP contribution in [0.4, 0.5) is 5.82 Å². The number of anilines is 1. The minimum atomic E-state index is 0. The normalized spacial score (nSPS) is 10.1. The van der Waals surface area contributed by atoms with Crippen LogP contribution in [-0.4, -0.2) is 19.9 Å². The first-order valence-electron chi connectivity index (χ1n) is 4.26. The molecule has 3 N–H and O–H groups in total. The van der Waals surface area contributed by atoms with Crippen LogP contribution in [-0.2, 0) is 6.42 Å². The number of hydrogen-bond donors (Lipinski definition) is 2. The Bertz CT molecular complexity index is 425. The van der Waals surface area contributed by atoms with Gasteiger partial charge in [0.05, 0.1) is 6.33 Å². The summed E-state index contributed by atoms with van der Waals surface area (Å²) < 4.78 is 0. The van der Waals surface area contributed by atoms with Gasteiger partial charge in [0, 0.05) is 6.42 Å². The number of nitrogens with one attached hydrogen (secondary N) is 1. The molecule has 2 rings (SSSR count). The number of aromatic nitrogens is 4. The molecular weight excluding hydrogens is 202 g/mol. The Morgan fingerprint density at radius 2 is 2.21 bits per heavy atom. The van der Waals surface area contributed by atoms with Gasteiger partial charge in [-0.05, 0) is 6.42 Å². The number of fused-ring (bicyclic) bond motifs is 1. The largest absolute Gasteiger partial charge is 0.382 e. The number of nitrogens with zero attached hydrogens (tertiary/aromatic N) is 3. The lowest BCUT2D eigenvalue weighted by atomic mass is 10.3. The fraction of sp³-hybridized carbons (Fsp3) is 0.375. The van der Waals surface area contributed by atoms with Crippen LogP contribution in [0.2, 0.25) is 0 Å². The molecule has 0 aliphatic rings. The van der Waals surface area contributed by atoms with Gasteiger partial charge < -0.3 is 10.7 Å². The topological polar surface area (TPSA) is 80.5 Å². The summed E-state index contributed by atoms with van der Waals surface area (Å²) in [4.78, 5) is 15.3. The molecule has 5 nitrogen and oxygen atoms in total. The lowest BCUT2D eigenvalue weighted by Crippen LogP contribution is -2.00. The van der Waals surface area contributed by atoms with Crippen LogP contribution in [0.25, 0.3) is 11.2 Å². The van der Waals surface area contributed by atoms with Gasteiger partial charge in [-0.1, -0.05) is 6.92 Å². The second-order valence-corrected chi connectivity index (χ2v) is 2.88. The molecule has 0 radical (unpaired) electrons. The smallest absolute Gasteiger partial charge is 0.183 e. The van der Waals surface area contributed by atoms with Gasteiger partial charge in [0.2, 0.25) is 0 Å². The second kappa shape index (κ2) is 4.23. The lowest BCUT2D eigenvalue weighted by Gasteiger charge is -1.98. The summed E-state index contributed by atoms with van der Waals surface area (Å²) in [6.07, 6.45) is 3.42. The minimum absolute atomic E-state index is 0. The van der Waals surface area contributed by atoms with E-state index in [9.17, 15) is 0 Å². The minimum Gasteiger partial charge on any atom is -0.382 e. The van der Waals surface area contributed by atoms with E-state index in [1.807, 2.05) is 0 Å². The molecule has 2 heterocycles. The van der Waals surface area contributed by atoms with E-state index >= 15 is 0 Å². The highest BCUT2D eigenvalue weighted by atomic mass is 35.5. The van der Waals surface area contributed by atoms with E-state index in [1.165, 1.54) is 0 Å². The number of halogens is 1. The molecule has 0 atom stereocenters. The molecule has 14 heavy (non-hydrogen) atoms. The van der Waals surface area contributed by atoms with E-state index in [0.717, 1.165) is 24.2 Å². The van der Waals surface area contributed by atoms with Crippen molar-refractivity contribution in [2.45, 2.75) is 19.8 Å². The molecule has 0 spiro atoms. The average molecular weight is 214 g/mol. The van der Waals surface area contributed by atoms with E-state index in [2.05, 4.69) is 26.9 Å². The fourth-order valence-corrected chi connectivity index (χ4v) is 1.24. The van der Waals surface area contributed by atoms with Crippen molar-refractivity contribution in [3.63, 3.8) is 0 Å². The third-order valence-electron chi connectivity index (χ3n) is 1.83. The van der Waals surface area contributed by atoms with E-state index in [0.29, 0.717) is 11.5 Å². The summed E-state index contributed by atoms with van der Waals surface area (Å²) in [5.41, 5.74) is 7.08. The van der Waals surface area contributed by atoms with Crippen molar-refractivity contribution in [1.82, 2.24) is 19.9 Å². The Morgan fingerprint density at radius 3 is 2.93 bits per heavy atom. The standard InChI is InChI=1S/C8H11N5.ClH/c1-2-3-5-12-7(9)6-8(13-5)11-4-10-6;/h4H,2-3H2,1H3,(H3,9,10,11,12,13);1H. The lowest BCUT2D eigenvalue weighted by molar-refractivity contribution is 0.845. The number of rotatable bonds is 2. The van der Waals surface area contributed by atoms with Gasteiger partial charge in [-0.3, -0.25) is 0 Å². The zero-order valence-electron chi connectivity index (χ0n) is 7.82. The maximum absolute atomic E-state index is 5.71. The molecule has 2 aromatic heterocycles. The highest BCUT2D eigenvalue weighted by Crippen LogP contribution is 2.13. The zero-order chi connectivity index (χ0) is 9.26. The quantitative estimate of drug-likeness (QED) is 0.788. The summed E-state index contributed by atoms with van der Waals surface area (Å²) in [6, 6.07) is 0. The Labute approximate surface area is 87.6 Å². The van der Waals surface area contributed by atoms with Gasteiger partial charge in [-0.2, -0.15) is 0 Å². The highest BCUT2D eigenvalue weighted by Gasteiger charge is 2.05. The first-order chi connectivity index (χ1) is 6.31. The number of H-pyrrole nitrogens is 1. The third kappa shape index (κ3) is 1.77. The van der Waals surface area contributed by atoms with Crippen LogP contribution in [0.15, 0.2) is 6.33 Å². The van der Waals surface area contributed by atoms with Gasteiger partial charge in [0.25, 0.3) is 0 Å². The van der Waals surface area contributed by atoms with Crippen LogP contribution in [0.1, 0.15) is 19.2 Å². The highest BCUT2D eigenvalue weighted by molar-refractivity contribution is 5.85. The van der Waals surface area contributed by atoms with Crippen LogP contribution in [0.5, 0.6) is 0 Å². The van der Waals surface area contributed by atoms with Crippen LogP contribution in [0, 0.1) is 0 Å². The Kier molecular flexibility index (Phi) is 3.24. The predicted octanol–water partition coefficient (Wildman–Crippen LogP) is 1.31. The Morgan fingerprint density at radius 1 is 1.43 bits per heavy atom. The fourth-order valence-electron chi connectivity index (χ4n) is 1.24. The van der Waals surface area contributed by atoms with E-state index in [-0.39, 0.29) is 12.4 Å². The summed E-state index contributed by atoms with van der Waals surface area (Å²) >= 11 is 0. The monoisotopic (exact) mass is 213 g/mol. The van der Waals surface area contributed by atoms with Crippen molar-refractivity contribution in [2.24, 2.45) is 0 Å². The van der Waals surface area contributed by atoms with E-state index in [1.54, 1.807) is 6.33 Å². The summed E-state index contributed by atoms with van der Waals surface area (Å²) in [5, 5.41) is 0. The van der Waals surface area contributed by atoms with E-state index < -0.39 is 0 Å². The number of hydrogen-bond acceptors (Lipinski definition) is 4. The van der Waals surface area contributed by atoms with Crippen LogP contribution >= 0.6 is 12.4 Å². The number of aromatic amines is 1. The van der Waals surface area contributed by atoms with Crippen LogP contribution in [0.3, 0.4) is 0 Å². The van der Waals surface area contributed by atoms with E-state index in [4.69, 9.17) is 5.73 Å². The molecule has 6 heteroatoms. The molecule has 0 unspecified atom stereocenters. The van der Waals surface area contributed by atoms with Gasteiger partial charge in [-0.15, -0.1) is 12.4 Å². The molecule has 0 bridgehead atoms.